The number of halogens is 3. The molecule has 31 heavy (non-hydrogen) atoms. The monoisotopic (exact) mass is 435 g/mol. The molecule has 2 aliphatic rings. The highest BCUT2D eigenvalue weighted by Crippen LogP contribution is 2.48. The molecule has 0 bridgehead atoms. The molecule has 1 aliphatic carbocycles. The van der Waals surface area contributed by atoms with Gasteiger partial charge in [-0.15, -0.1) is 0 Å². The van der Waals surface area contributed by atoms with Gasteiger partial charge in [-0.3, -0.25) is 4.79 Å². The number of hydrogen-bond acceptors (Lipinski definition) is 6. The zero-order valence-corrected chi connectivity index (χ0v) is 17.6. The highest BCUT2D eigenvalue weighted by Gasteiger charge is 2.49. The smallest absolute Gasteiger partial charge is 0.419 e. The summed E-state index contributed by atoms with van der Waals surface area (Å²) in [5, 5.41) is 0. The number of carbonyl (C=O) groups is 1. The van der Waals surface area contributed by atoms with Crippen LogP contribution in [0.4, 0.5) is 19.1 Å². The molecule has 0 N–H and O–H groups in total. The second-order valence-corrected chi connectivity index (χ2v) is 8.04. The van der Waals surface area contributed by atoms with E-state index in [-0.39, 0.29) is 23.7 Å². The van der Waals surface area contributed by atoms with Crippen LogP contribution in [0.5, 0.6) is 5.75 Å². The van der Waals surface area contributed by atoms with E-state index in [1.165, 1.54) is 0 Å². The molecule has 0 spiro atoms. The fourth-order valence-electron chi connectivity index (χ4n) is 4.07. The van der Waals surface area contributed by atoms with Crippen LogP contribution in [0.25, 0.3) is 0 Å². The van der Waals surface area contributed by atoms with Crippen LogP contribution in [0.15, 0.2) is 24.5 Å². The summed E-state index contributed by atoms with van der Waals surface area (Å²) in [5.74, 6) is 1.21. The fraction of sp³-hybridized carbons (Fsp3) is 0.524. The molecule has 3 atom stereocenters. The number of pyridine rings is 1. The molecular formula is C21H24F3N5O2. The highest BCUT2D eigenvalue weighted by molar-refractivity contribution is 5.95. The molecule has 2 aromatic heterocycles. The number of carbonyl (C=O) groups excluding carboxylic acids is 1. The number of rotatable bonds is 5. The number of aryl methyl sites for hydroxylation is 1. The Bertz CT molecular complexity index is 966. The van der Waals surface area contributed by atoms with Crippen LogP contribution < -0.4 is 9.64 Å². The van der Waals surface area contributed by atoms with E-state index < -0.39 is 11.7 Å². The Morgan fingerprint density at radius 1 is 1.23 bits per heavy atom. The molecule has 4 rings (SSSR count). The topological polar surface area (TPSA) is 71.5 Å². The van der Waals surface area contributed by atoms with Gasteiger partial charge in [-0.1, -0.05) is 0 Å². The minimum Gasteiger partial charge on any atom is -0.491 e. The molecule has 1 amide bonds. The first kappa shape index (κ1) is 21.3. The van der Waals surface area contributed by atoms with Gasteiger partial charge in [-0.05, 0) is 50.7 Å². The van der Waals surface area contributed by atoms with Crippen LogP contribution in [0.3, 0.4) is 0 Å². The third kappa shape index (κ3) is 4.28. The highest BCUT2D eigenvalue weighted by atomic mass is 19.4. The SMILES string of the molecule is CCOc1ccc(C)nc1C(=O)N1CC2CC2CC1N(C)c1ncc(C(F)(F)F)cn1. The van der Waals surface area contributed by atoms with E-state index in [9.17, 15) is 18.0 Å². The molecule has 166 valence electrons. The summed E-state index contributed by atoms with van der Waals surface area (Å²) in [6.07, 6.45) is -1.62. The minimum absolute atomic E-state index is 0.136. The Kier molecular flexibility index (Phi) is 5.49. The van der Waals surface area contributed by atoms with Gasteiger partial charge in [0.15, 0.2) is 11.4 Å². The maximum Gasteiger partial charge on any atom is 0.419 e. The van der Waals surface area contributed by atoms with Crippen LogP contribution in [0.2, 0.25) is 0 Å². The van der Waals surface area contributed by atoms with E-state index in [1.54, 1.807) is 35.9 Å². The summed E-state index contributed by atoms with van der Waals surface area (Å²) < 4.78 is 44.2. The van der Waals surface area contributed by atoms with Crippen LogP contribution in [0, 0.1) is 18.8 Å². The molecule has 7 nitrogen and oxygen atoms in total. The summed E-state index contributed by atoms with van der Waals surface area (Å²) in [6, 6.07) is 3.52. The number of anilines is 1. The number of ether oxygens (including phenoxy) is 1. The molecular weight excluding hydrogens is 411 g/mol. The lowest BCUT2D eigenvalue weighted by molar-refractivity contribution is -0.138. The largest absolute Gasteiger partial charge is 0.491 e. The van der Waals surface area contributed by atoms with E-state index in [4.69, 9.17) is 4.74 Å². The van der Waals surface area contributed by atoms with E-state index >= 15 is 0 Å². The quantitative estimate of drug-likeness (QED) is 0.716. The molecule has 3 heterocycles. The molecule has 10 heteroatoms. The zero-order chi connectivity index (χ0) is 22.3. The Hall–Kier alpha value is -2.91. The van der Waals surface area contributed by atoms with Crippen LogP contribution in [-0.4, -0.2) is 52.1 Å². The lowest BCUT2D eigenvalue weighted by Gasteiger charge is -2.40. The van der Waals surface area contributed by atoms with Crippen molar-refractivity contribution in [2.24, 2.45) is 11.8 Å². The van der Waals surface area contributed by atoms with Crippen molar-refractivity contribution in [2.45, 2.75) is 39.0 Å². The second kappa shape index (κ2) is 7.97. The number of fused-ring (bicyclic) bond motifs is 1. The maximum absolute atomic E-state index is 13.5. The first-order chi connectivity index (χ1) is 14.7. The van der Waals surface area contributed by atoms with Gasteiger partial charge in [0, 0.05) is 31.7 Å². The Morgan fingerprint density at radius 3 is 2.58 bits per heavy atom. The van der Waals surface area contributed by atoms with Crippen molar-refractivity contribution >= 4 is 11.9 Å². The summed E-state index contributed by atoms with van der Waals surface area (Å²) in [4.78, 5) is 29.1. The average Bonchev–Trinajstić information content (AvgIpc) is 3.51. The van der Waals surface area contributed by atoms with Gasteiger partial charge in [0.05, 0.1) is 12.2 Å². The number of alkyl halides is 3. The minimum atomic E-state index is -4.50. The second-order valence-electron chi connectivity index (χ2n) is 8.04. The molecule has 1 saturated carbocycles. The van der Waals surface area contributed by atoms with E-state index in [0.717, 1.165) is 18.8 Å². The zero-order valence-electron chi connectivity index (χ0n) is 17.6. The van der Waals surface area contributed by atoms with Gasteiger partial charge in [-0.2, -0.15) is 13.2 Å². The van der Waals surface area contributed by atoms with Crippen molar-refractivity contribution < 1.29 is 22.7 Å². The predicted octanol–water partition coefficient (Wildman–Crippen LogP) is 3.54. The lowest BCUT2D eigenvalue weighted by atomic mass is 10.1. The van der Waals surface area contributed by atoms with Crippen LogP contribution in [-0.2, 0) is 6.18 Å². The van der Waals surface area contributed by atoms with Crippen molar-refractivity contribution in [1.82, 2.24) is 19.9 Å². The van der Waals surface area contributed by atoms with Crippen molar-refractivity contribution in [3.63, 3.8) is 0 Å². The van der Waals surface area contributed by atoms with Gasteiger partial charge in [0.2, 0.25) is 5.95 Å². The number of nitrogens with zero attached hydrogens (tertiary/aromatic N) is 5. The molecule has 2 aromatic rings. The normalized spacial score (nSPS) is 22.6. The Balaban J connectivity index is 1.62. The average molecular weight is 435 g/mol. The molecule has 2 fully saturated rings. The van der Waals surface area contributed by atoms with Crippen molar-refractivity contribution in [2.75, 3.05) is 25.1 Å². The van der Waals surface area contributed by atoms with Crippen LogP contribution >= 0.6 is 0 Å². The van der Waals surface area contributed by atoms with Gasteiger partial charge in [-0.25, -0.2) is 15.0 Å². The number of hydrogen-bond donors (Lipinski definition) is 0. The van der Waals surface area contributed by atoms with E-state index in [2.05, 4.69) is 15.0 Å². The first-order valence-corrected chi connectivity index (χ1v) is 10.2. The number of amides is 1. The van der Waals surface area contributed by atoms with Gasteiger partial charge in [0.25, 0.3) is 5.91 Å². The summed E-state index contributed by atoms with van der Waals surface area (Å²) >= 11 is 0. The van der Waals surface area contributed by atoms with Gasteiger partial charge >= 0.3 is 6.18 Å². The fourth-order valence-corrected chi connectivity index (χ4v) is 4.07. The lowest BCUT2D eigenvalue weighted by Crippen LogP contribution is -2.53. The first-order valence-electron chi connectivity index (χ1n) is 10.2. The third-order valence-electron chi connectivity index (χ3n) is 5.86. The van der Waals surface area contributed by atoms with Crippen LogP contribution in [0.1, 0.15) is 41.5 Å². The summed E-state index contributed by atoms with van der Waals surface area (Å²) in [6.45, 7) is 4.60. The molecule has 3 unspecified atom stereocenters. The maximum atomic E-state index is 13.5. The molecule has 0 aromatic carbocycles. The van der Waals surface area contributed by atoms with Gasteiger partial charge < -0.3 is 14.5 Å². The summed E-state index contributed by atoms with van der Waals surface area (Å²) in [5.41, 5.74) is 0.0329. The predicted molar refractivity (Wildman–Crippen MR) is 107 cm³/mol. The Labute approximate surface area is 178 Å². The number of likely N-dealkylation sites (tertiary alicyclic amines) is 1. The van der Waals surface area contributed by atoms with E-state index in [1.807, 2.05) is 6.92 Å². The number of aromatic nitrogens is 3. The Morgan fingerprint density at radius 2 is 1.94 bits per heavy atom. The molecule has 1 saturated heterocycles. The number of piperidine rings is 1. The van der Waals surface area contributed by atoms with E-state index in [0.29, 0.717) is 42.9 Å². The molecule has 0 radical (unpaired) electrons. The van der Waals surface area contributed by atoms with Crippen molar-refractivity contribution in [1.29, 1.82) is 0 Å². The standard InChI is InChI=1S/C21H24F3N5O2/c1-4-31-16-6-5-12(2)27-18(16)19(30)29-11-14-7-13(14)8-17(29)28(3)20-25-9-15(10-26-20)21(22,23)24/h5-6,9-10,13-14,17H,4,7-8,11H2,1-3H3. The molecule has 1 aliphatic heterocycles. The van der Waals surface area contributed by atoms with Crippen molar-refractivity contribution in [3.05, 3.63) is 41.5 Å². The van der Waals surface area contributed by atoms with Crippen molar-refractivity contribution in [3.8, 4) is 5.75 Å². The summed E-state index contributed by atoms with van der Waals surface area (Å²) in [7, 11) is 1.70. The van der Waals surface area contributed by atoms with Gasteiger partial charge in [0.1, 0.15) is 6.17 Å². The third-order valence-corrected chi connectivity index (χ3v) is 5.86.